The van der Waals surface area contributed by atoms with Crippen LogP contribution in [0.1, 0.15) is 41.0 Å². The van der Waals surface area contributed by atoms with Crippen LogP contribution >= 0.6 is 11.3 Å². The first-order chi connectivity index (χ1) is 16.7. The predicted molar refractivity (Wildman–Crippen MR) is 135 cm³/mol. The fourth-order valence-corrected chi connectivity index (χ4v) is 6.65. The monoisotopic (exact) mass is 513 g/mol. The molecule has 10 heteroatoms. The number of thiazole rings is 1. The number of benzene rings is 2. The van der Waals surface area contributed by atoms with Crippen molar-refractivity contribution in [2.45, 2.75) is 25.2 Å². The first-order valence-electron chi connectivity index (χ1n) is 11.2. The van der Waals surface area contributed by atoms with Crippen molar-refractivity contribution in [3.63, 3.8) is 0 Å². The minimum atomic E-state index is -3.60. The van der Waals surface area contributed by atoms with Gasteiger partial charge in [-0.25, -0.2) is 18.2 Å². The smallest absolute Gasteiger partial charge is 0.337 e. The van der Waals surface area contributed by atoms with Gasteiger partial charge in [-0.2, -0.15) is 4.31 Å². The predicted octanol–water partition coefficient (Wildman–Crippen LogP) is 4.52. The second-order valence-corrected chi connectivity index (χ2v) is 11.6. The number of piperidine rings is 1. The number of hydrogen-bond acceptors (Lipinski definition) is 7. The summed E-state index contributed by atoms with van der Waals surface area (Å²) in [7, 11) is -2.28. The van der Waals surface area contributed by atoms with Crippen LogP contribution in [0.4, 0.5) is 5.13 Å². The third kappa shape index (κ3) is 5.61. The van der Waals surface area contributed by atoms with Crippen molar-refractivity contribution in [2.24, 2.45) is 11.8 Å². The van der Waals surface area contributed by atoms with Gasteiger partial charge in [0.2, 0.25) is 10.0 Å². The van der Waals surface area contributed by atoms with E-state index >= 15 is 0 Å². The number of sulfonamides is 1. The zero-order chi connectivity index (χ0) is 25.2. The Morgan fingerprint density at radius 1 is 1.00 bits per heavy atom. The summed E-state index contributed by atoms with van der Waals surface area (Å²) < 4.78 is 32.3. The van der Waals surface area contributed by atoms with Crippen LogP contribution in [-0.4, -0.2) is 49.8 Å². The molecule has 0 aliphatic carbocycles. The number of esters is 1. The van der Waals surface area contributed by atoms with Gasteiger partial charge in [0.1, 0.15) is 0 Å². The molecular weight excluding hydrogens is 486 g/mol. The number of amides is 1. The summed E-state index contributed by atoms with van der Waals surface area (Å²) in [6.07, 6.45) is 1.02. The third-order valence-electron chi connectivity index (χ3n) is 5.92. The minimum absolute atomic E-state index is 0.183. The first kappa shape index (κ1) is 25.0. The number of carbonyl (C=O) groups is 2. The Balaban J connectivity index is 1.43. The molecule has 35 heavy (non-hydrogen) atoms. The lowest BCUT2D eigenvalue weighted by Gasteiger charge is -2.34. The maximum Gasteiger partial charge on any atom is 0.337 e. The molecule has 1 aromatic heterocycles. The van der Waals surface area contributed by atoms with Gasteiger partial charge in [0.15, 0.2) is 5.13 Å². The summed E-state index contributed by atoms with van der Waals surface area (Å²) in [5, 5.41) is 4.97. The molecule has 184 valence electrons. The lowest BCUT2D eigenvalue weighted by molar-refractivity contribution is 0.0600. The van der Waals surface area contributed by atoms with Gasteiger partial charge in [-0.05, 0) is 54.7 Å². The van der Waals surface area contributed by atoms with E-state index in [1.165, 1.54) is 47.0 Å². The number of ether oxygens (including phenoxy) is 1. The summed E-state index contributed by atoms with van der Waals surface area (Å²) in [4.78, 5) is 28.9. The largest absolute Gasteiger partial charge is 0.465 e. The van der Waals surface area contributed by atoms with Crippen LogP contribution in [-0.2, 0) is 14.8 Å². The van der Waals surface area contributed by atoms with Gasteiger partial charge in [0.05, 0.1) is 23.3 Å². The van der Waals surface area contributed by atoms with Gasteiger partial charge in [0, 0.05) is 29.6 Å². The fraction of sp³-hybridized carbons (Fsp3) is 0.320. The molecule has 2 atom stereocenters. The van der Waals surface area contributed by atoms with Crippen LogP contribution in [0.3, 0.4) is 0 Å². The fourth-order valence-electron chi connectivity index (χ4n) is 4.26. The van der Waals surface area contributed by atoms with Crippen LogP contribution in [0.2, 0.25) is 0 Å². The summed E-state index contributed by atoms with van der Waals surface area (Å²) in [6, 6.07) is 12.8. The van der Waals surface area contributed by atoms with E-state index in [2.05, 4.69) is 24.1 Å². The lowest BCUT2D eigenvalue weighted by Crippen LogP contribution is -2.42. The molecule has 8 nitrogen and oxygen atoms in total. The zero-order valence-corrected chi connectivity index (χ0v) is 21.4. The normalized spacial score (nSPS) is 18.7. The number of hydrogen-bond donors (Lipinski definition) is 1. The molecular formula is C25H27N3O5S2. The number of aromatic nitrogens is 1. The number of rotatable bonds is 6. The van der Waals surface area contributed by atoms with Crippen LogP contribution in [0, 0.1) is 11.8 Å². The number of carbonyl (C=O) groups excluding carboxylic acids is 2. The van der Waals surface area contributed by atoms with Crippen molar-refractivity contribution in [1.82, 2.24) is 9.29 Å². The van der Waals surface area contributed by atoms with Crippen LogP contribution in [0.5, 0.6) is 0 Å². The van der Waals surface area contributed by atoms with Crippen molar-refractivity contribution in [3.8, 4) is 11.3 Å². The van der Waals surface area contributed by atoms with Gasteiger partial charge >= 0.3 is 5.97 Å². The first-order valence-corrected chi connectivity index (χ1v) is 13.5. The summed E-state index contributed by atoms with van der Waals surface area (Å²) in [5.41, 5.74) is 2.23. The van der Waals surface area contributed by atoms with Crippen molar-refractivity contribution in [2.75, 3.05) is 25.5 Å². The van der Waals surface area contributed by atoms with E-state index in [4.69, 9.17) is 4.74 Å². The van der Waals surface area contributed by atoms with E-state index in [1.54, 1.807) is 29.6 Å². The Morgan fingerprint density at radius 2 is 1.60 bits per heavy atom. The summed E-state index contributed by atoms with van der Waals surface area (Å²) in [6.45, 7) is 5.14. The second-order valence-electron chi connectivity index (χ2n) is 8.85. The highest BCUT2D eigenvalue weighted by Crippen LogP contribution is 2.28. The molecule has 0 spiro atoms. The lowest BCUT2D eigenvalue weighted by atomic mass is 9.94. The highest BCUT2D eigenvalue weighted by Gasteiger charge is 2.31. The Morgan fingerprint density at radius 3 is 2.20 bits per heavy atom. The van der Waals surface area contributed by atoms with Crippen molar-refractivity contribution >= 4 is 38.4 Å². The minimum Gasteiger partial charge on any atom is -0.465 e. The standard InChI is InChI=1S/C25H27N3O5S2/c1-16-12-17(2)14-28(13-16)35(31,32)21-10-8-19(9-11-21)23(29)27-25-26-22(15-34-25)18-4-6-20(7-5-18)24(30)33-3/h4-11,15-17H,12-14H2,1-3H3,(H,26,27,29)/t16-,17-/m1/s1. The molecule has 3 aromatic rings. The highest BCUT2D eigenvalue weighted by molar-refractivity contribution is 7.89. The second kappa shape index (κ2) is 10.3. The molecule has 0 radical (unpaired) electrons. The van der Waals surface area contributed by atoms with E-state index < -0.39 is 16.0 Å². The van der Waals surface area contributed by atoms with Gasteiger partial charge in [0.25, 0.3) is 5.91 Å². The van der Waals surface area contributed by atoms with Gasteiger partial charge in [-0.15, -0.1) is 11.3 Å². The molecule has 2 aromatic carbocycles. The number of nitrogens with zero attached hydrogens (tertiary/aromatic N) is 2. The molecule has 1 N–H and O–H groups in total. The average Bonchev–Trinajstić information content (AvgIpc) is 3.31. The van der Waals surface area contributed by atoms with E-state index in [1.807, 2.05) is 0 Å². The van der Waals surface area contributed by atoms with Gasteiger partial charge in [-0.1, -0.05) is 26.0 Å². The third-order valence-corrected chi connectivity index (χ3v) is 8.52. The molecule has 1 saturated heterocycles. The molecule has 1 aliphatic heterocycles. The highest BCUT2D eigenvalue weighted by atomic mass is 32.2. The number of nitrogens with one attached hydrogen (secondary N) is 1. The van der Waals surface area contributed by atoms with Gasteiger partial charge < -0.3 is 4.74 Å². The van der Waals surface area contributed by atoms with Crippen molar-refractivity contribution < 1.29 is 22.7 Å². The van der Waals surface area contributed by atoms with Crippen LogP contribution in [0.15, 0.2) is 58.8 Å². The molecule has 2 heterocycles. The van der Waals surface area contributed by atoms with Crippen molar-refractivity contribution in [1.29, 1.82) is 0 Å². The SMILES string of the molecule is COC(=O)c1ccc(-c2csc(NC(=O)c3ccc(S(=O)(=O)N4C[C@H](C)C[C@@H](C)C4)cc3)n2)cc1. The molecule has 4 rings (SSSR count). The Bertz CT molecular complexity index is 1310. The maximum atomic E-state index is 13.1. The van der Waals surface area contributed by atoms with Crippen LogP contribution in [0.25, 0.3) is 11.3 Å². The van der Waals surface area contributed by atoms with Gasteiger partial charge in [-0.3, -0.25) is 10.1 Å². The Hall–Kier alpha value is -3.08. The molecule has 1 fully saturated rings. The van der Waals surface area contributed by atoms with E-state index in [0.29, 0.717) is 46.9 Å². The molecule has 1 amide bonds. The Labute approximate surface area is 209 Å². The van der Waals surface area contributed by atoms with E-state index in [0.717, 1.165) is 12.0 Å². The Kier molecular flexibility index (Phi) is 7.34. The molecule has 0 saturated carbocycles. The maximum absolute atomic E-state index is 13.1. The molecule has 0 unspecified atom stereocenters. The zero-order valence-electron chi connectivity index (χ0n) is 19.7. The van der Waals surface area contributed by atoms with E-state index in [-0.39, 0.29) is 10.8 Å². The van der Waals surface area contributed by atoms with Crippen LogP contribution < -0.4 is 5.32 Å². The topological polar surface area (TPSA) is 106 Å². The summed E-state index contributed by atoms with van der Waals surface area (Å²) >= 11 is 1.27. The molecule has 0 bridgehead atoms. The van der Waals surface area contributed by atoms with Crippen molar-refractivity contribution in [3.05, 3.63) is 65.0 Å². The molecule has 1 aliphatic rings. The van der Waals surface area contributed by atoms with E-state index in [9.17, 15) is 18.0 Å². The number of anilines is 1. The quantitative estimate of drug-likeness (QED) is 0.486. The number of methoxy groups -OCH3 is 1. The summed E-state index contributed by atoms with van der Waals surface area (Å²) in [5.74, 6) is -0.169. The average molecular weight is 514 g/mol.